The van der Waals surface area contributed by atoms with E-state index in [9.17, 15) is 45.6 Å². The van der Waals surface area contributed by atoms with Gasteiger partial charge in [0.25, 0.3) is 11.8 Å². The molecule has 1 aromatic rings. The Balaban J connectivity index is 1.58. The number of urea groups is 1. The number of halogens is 3. The summed E-state index contributed by atoms with van der Waals surface area (Å²) in [7, 11) is -3.81. The van der Waals surface area contributed by atoms with Gasteiger partial charge in [-0.05, 0) is 47.8 Å². The van der Waals surface area contributed by atoms with Crippen molar-refractivity contribution in [3.63, 3.8) is 0 Å². The molecule has 4 N–H and O–H groups in total. The van der Waals surface area contributed by atoms with Crippen molar-refractivity contribution in [3.05, 3.63) is 41.6 Å². The van der Waals surface area contributed by atoms with Gasteiger partial charge in [-0.2, -0.15) is 13.2 Å². The summed E-state index contributed by atoms with van der Waals surface area (Å²) >= 11 is 0. The topological polar surface area (TPSA) is 171 Å². The van der Waals surface area contributed by atoms with Crippen LogP contribution in [-0.4, -0.2) is 85.5 Å². The molecule has 0 bridgehead atoms. The van der Waals surface area contributed by atoms with Gasteiger partial charge in [0.2, 0.25) is 11.7 Å². The summed E-state index contributed by atoms with van der Waals surface area (Å²) in [6, 6.07) is 4.04. The van der Waals surface area contributed by atoms with Crippen molar-refractivity contribution < 1.29 is 45.6 Å². The third-order valence-corrected chi connectivity index (χ3v) is 12.4. The molecule has 296 valence electrons. The van der Waals surface area contributed by atoms with E-state index in [1.807, 2.05) is 13.8 Å². The van der Waals surface area contributed by atoms with E-state index in [4.69, 9.17) is 6.42 Å². The van der Waals surface area contributed by atoms with Crippen molar-refractivity contribution >= 4 is 39.4 Å². The normalized spacial score (nSPS) is 20.1. The third kappa shape index (κ3) is 10.0. The second-order valence-corrected chi connectivity index (χ2v) is 18.0. The zero-order chi connectivity index (χ0) is 40.3. The number of ketones is 1. The number of hydrogen-bond acceptors (Lipinski definition) is 7. The van der Waals surface area contributed by atoms with E-state index < -0.39 is 86.8 Å². The van der Waals surface area contributed by atoms with E-state index in [2.05, 4.69) is 27.2 Å². The van der Waals surface area contributed by atoms with Gasteiger partial charge in [-0.15, -0.1) is 12.3 Å². The number of carbonyl (C=O) groups is 5. The minimum Gasteiger partial charge on any atom is -0.348 e. The molecule has 54 heavy (non-hydrogen) atoms. The quantitative estimate of drug-likeness (QED) is 0.125. The van der Waals surface area contributed by atoms with Crippen LogP contribution in [0.4, 0.5) is 18.0 Å². The van der Waals surface area contributed by atoms with Crippen molar-refractivity contribution in [1.82, 2.24) is 26.2 Å². The monoisotopic (exact) mass is 777 g/mol. The standard InChI is InChI=1S/C38H50F3N5O7S/c1-7-8-21-42-32(49)29(47)26(17-20-38(39,40)41)43-31(48)28-27-25(36(27,5)6)22-46(28)33(50)30(35(2,3)4)44-34(51)45-37(18-13-10-14-19-37)23-54(52,53)24-15-11-9-12-16-24/h1,9,11-12,15-16,25-26,30H,8,10,13-14,17-23H2,2-6H3,(H,42,49)(H,43,48)(H2,44,45,51)/t25?,26?,30-/m1/s1. The number of carbonyl (C=O) groups excluding carboxylic acids is 5. The second-order valence-electron chi connectivity index (χ2n) is 16.1. The smallest absolute Gasteiger partial charge is 0.348 e. The molecular weight excluding hydrogens is 728 g/mol. The molecule has 2 saturated carbocycles. The Kier molecular flexibility index (Phi) is 12.7. The zero-order valence-corrected chi connectivity index (χ0v) is 32.1. The Morgan fingerprint density at radius 1 is 1.00 bits per heavy atom. The molecule has 1 heterocycles. The molecule has 2 unspecified atom stereocenters. The maximum atomic E-state index is 14.4. The van der Waals surface area contributed by atoms with Crippen LogP contribution in [-0.2, 0) is 29.0 Å². The lowest BCUT2D eigenvalue weighted by molar-refractivity contribution is -0.145. The van der Waals surface area contributed by atoms with Gasteiger partial charge in [-0.3, -0.25) is 19.2 Å². The molecule has 0 saturated heterocycles. The molecule has 4 rings (SSSR count). The highest BCUT2D eigenvalue weighted by molar-refractivity contribution is 7.91. The number of fused-ring (bicyclic) bond motifs is 1. The lowest BCUT2D eigenvalue weighted by Crippen LogP contribution is -2.62. The highest BCUT2D eigenvalue weighted by Crippen LogP contribution is 2.63. The molecule has 12 nitrogen and oxygen atoms in total. The molecule has 1 aromatic carbocycles. The van der Waals surface area contributed by atoms with Crippen molar-refractivity contribution in [2.24, 2.45) is 16.7 Å². The minimum atomic E-state index is -4.70. The van der Waals surface area contributed by atoms with Crippen LogP contribution in [0.25, 0.3) is 0 Å². The maximum absolute atomic E-state index is 14.4. The summed E-state index contributed by atoms with van der Waals surface area (Å²) in [6.45, 7) is 8.71. The molecular formula is C38H50F3N5O7S. The van der Waals surface area contributed by atoms with Crippen LogP contribution in [0.2, 0.25) is 0 Å². The van der Waals surface area contributed by atoms with Crippen molar-refractivity contribution in [3.8, 4) is 12.3 Å². The van der Waals surface area contributed by atoms with E-state index in [1.54, 1.807) is 39.0 Å². The summed E-state index contributed by atoms with van der Waals surface area (Å²) in [5, 5.41) is 10.2. The van der Waals surface area contributed by atoms with Crippen LogP contribution < -0.4 is 21.3 Å². The largest absolute Gasteiger partial charge is 0.389 e. The predicted molar refractivity (Wildman–Crippen MR) is 194 cm³/mol. The van der Waals surface area contributed by atoms with Gasteiger partial charge in [-0.25, -0.2) is 13.2 Å². The summed E-state index contributed by atoms with van der Waals surface area (Å²) in [6.07, 6.45) is 1.18. The van der Waals surface area contributed by atoms with Crippen LogP contribution in [0.3, 0.4) is 0 Å². The van der Waals surface area contributed by atoms with Gasteiger partial charge in [0.1, 0.15) is 11.7 Å². The van der Waals surface area contributed by atoms with E-state index in [-0.39, 0.29) is 41.8 Å². The predicted octanol–water partition coefficient (Wildman–Crippen LogP) is 4.17. The highest BCUT2D eigenvalue weighted by Gasteiger charge is 2.62. The third-order valence-electron chi connectivity index (χ3n) is 10.5. The number of nitrogens with one attached hydrogen (secondary N) is 4. The Hall–Kier alpha value is -4.39. The summed E-state index contributed by atoms with van der Waals surface area (Å²) in [4.78, 5) is 69.0. The van der Waals surface area contributed by atoms with Gasteiger partial charge in [0.15, 0.2) is 9.84 Å². The number of sulfone groups is 1. The van der Waals surface area contributed by atoms with Gasteiger partial charge in [0, 0.05) is 31.8 Å². The van der Waals surface area contributed by atoms with Crippen LogP contribution in [0.15, 0.2) is 46.5 Å². The lowest BCUT2D eigenvalue weighted by atomic mass is 9.83. The number of alkyl halides is 3. The molecule has 1 aliphatic heterocycles. The number of benzene rings is 1. The fourth-order valence-electron chi connectivity index (χ4n) is 7.41. The molecule has 3 atom stereocenters. The first-order chi connectivity index (χ1) is 25.0. The van der Waals surface area contributed by atoms with Gasteiger partial charge < -0.3 is 26.2 Å². The molecule has 2 fully saturated rings. The number of rotatable bonds is 14. The van der Waals surface area contributed by atoms with Crippen LogP contribution in [0.5, 0.6) is 0 Å². The van der Waals surface area contributed by atoms with Crippen molar-refractivity contribution in [2.45, 2.75) is 115 Å². The average molecular weight is 778 g/mol. The number of nitrogens with zero attached hydrogens (tertiary/aromatic N) is 1. The van der Waals surface area contributed by atoms with Crippen molar-refractivity contribution in [1.29, 1.82) is 0 Å². The first-order valence-electron chi connectivity index (χ1n) is 18.1. The highest BCUT2D eigenvalue weighted by atomic mass is 32.2. The van der Waals surface area contributed by atoms with Crippen molar-refractivity contribution in [2.75, 3.05) is 18.8 Å². The Morgan fingerprint density at radius 2 is 1.63 bits per heavy atom. The number of Topliss-reactive ketones (excluding diaryl/α,β-unsaturated/α-hetero) is 1. The molecule has 2 aliphatic carbocycles. The molecule has 16 heteroatoms. The zero-order valence-electron chi connectivity index (χ0n) is 31.3. The van der Waals surface area contributed by atoms with Gasteiger partial charge >= 0.3 is 12.2 Å². The Morgan fingerprint density at radius 3 is 2.20 bits per heavy atom. The SMILES string of the molecule is C#CCCNC(=O)C(=O)C(CCC(F)(F)F)NC(=O)C1=C2C(CN1C(=O)[C@@H](NC(=O)NC1(CS(=O)(=O)c3ccccc3)CCCCC1)C(C)(C)C)C2(C)C. The number of hydrogen-bond donors (Lipinski definition) is 4. The summed E-state index contributed by atoms with van der Waals surface area (Å²) in [5.74, 6) is -2.56. The second kappa shape index (κ2) is 16.1. The maximum Gasteiger partial charge on any atom is 0.389 e. The fraction of sp³-hybridized carbons (Fsp3) is 0.605. The molecule has 3 aliphatic rings. The molecule has 0 spiro atoms. The van der Waals surface area contributed by atoms with Gasteiger partial charge in [-0.1, -0.05) is 72.1 Å². The molecule has 0 aromatic heterocycles. The lowest BCUT2D eigenvalue weighted by Gasteiger charge is -2.40. The molecule has 5 amide bonds. The van der Waals surface area contributed by atoms with Crippen LogP contribution >= 0.6 is 0 Å². The van der Waals surface area contributed by atoms with E-state index in [1.165, 1.54) is 17.0 Å². The minimum absolute atomic E-state index is 0.0345. The molecule has 0 radical (unpaired) electrons. The first-order valence-corrected chi connectivity index (χ1v) is 19.7. The average Bonchev–Trinajstić information content (AvgIpc) is 3.38. The van der Waals surface area contributed by atoms with E-state index in [0.717, 1.165) is 6.42 Å². The summed E-state index contributed by atoms with van der Waals surface area (Å²) in [5.41, 5.74) is -2.19. The summed E-state index contributed by atoms with van der Waals surface area (Å²) < 4.78 is 66.7. The van der Waals surface area contributed by atoms with E-state index >= 15 is 0 Å². The first kappa shape index (κ1) is 42.4. The van der Waals surface area contributed by atoms with Crippen LogP contribution in [0, 0.1) is 29.1 Å². The fourth-order valence-corrected chi connectivity index (χ4v) is 9.24. The van der Waals surface area contributed by atoms with Crippen LogP contribution in [0.1, 0.15) is 86.0 Å². The number of terminal acetylenes is 1. The van der Waals surface area contributed by atoms with Gasteiger partial charge in [0.05, 0.1) is 22.2 Å². The van der Waals surface area contributed by atoms with E-state index in [0.29, 0.717) is 31.3 Å². The Bertz CT molecular complexity index is 1810. The number of amides is 5. The Labute approximate surface area is 314 Å².